The second kappa shape index (κ2) is 7.39. The Morgan fingerprint density at radius 3 is 2.67 bits per heavy atom. The monoisotopic (exact) mass is 368 g/mol. The van der Waals surface area contributed by atoms with E-state index in [1.807, 2.05) is 12.1 Å². The van der Waals surface area contributed by atoms with Crippen molar-refractivity contribution in [2.75, 3.05) is 19.7 Å². The van der Waals surface area contributed by atoms with Gasteiger partial charge < -0.3 is 15.0 Å². The molecule has 27 heavy (non-hydrogen) atoms. The number of ether oxygens (including phenoxy) is 1. The Morgan fingerprint density at radius 1 is 1.11 bits per heavy atom. The van der Waals surface area contributed by atoms with E-state index in [0.29, 0.717) is 38.1 Å². The van der Waals surface area contributed by atoms with Crippen molar-refractivity contribution in [3.63, 3.8) is 0 Å². The van der Waals surface area contributed by atoms with E-state index >= 15 is 0 Å². The van der Waals surface area contributed by atoms with Gasteiger partial charge in [0.2, 0.25) is 0 Å². The summed E-state index contributed by atoms with van der Waals surface area (Å²) in [6, 6.07) is 11.5. The van der Waals surface area contributed by atoms with Crippen molar-refractivity contribution in [2.24, 2.45) is 0 Å². The molecule has 0 aliphatic carbocycles. The van der Waals surface area contributed by atoms with E-state index in [9.17, 15) is 14.0 Å². The lowest BCUT2D eigenvalue weighted by atomic mass is 10.0. The average molecular weight is 368 g/mol. The highest BCUT2D eigenvalue weighted by Crippen LogP contribution is 2.26. The summed E-state index contributed by atoms with van der Waals surface area (Å²) >= 11 is 0. The molecule has 2 aromatic carbocycles. The van der Waals surface area contributed by atoms with Crippen molar-refractivity contribution in [1.82, 2.24) is 10.2 Å². The van der Waals surface area contributed by atoms with Gasteiger partial charge in [-0.25, -0.2) is 4.39 Å². The van der Waals surface area contributed by atoms with Crippen LogP contribution in [0.5, 0.6) is 5.75 Å². The van der Waals surface area contributed by atoms with Crippen LogP contribution in [0, 0.1) is 5.82 Å². The normalized spacial score (nSPS) is 16.6. The number of halogens is 1. The number of carbonyl (C=O) groups excluding carboxylic acids is 2. The number of likely N-dealkylation sites (tertiary alicyclic amines) is 1. The second-order valence-corrected chi connectivity index (χ2v) is 6.94. The zero-order chi connectivity index (χ0) is 18.8. The van der Waals surface area contributed by atoms with Gasteiger partial charge in [0.15, 0.2) is 0 Å². The van der Waals surface area contributed by atoms with E-state index in [4.69, 9.17) is 4.74 Å². The molecule has 5 nitrogen and oxygen atoms in total. The van der Waals surface area contributed by atoms with Gasteiger partial charge in [-0.1, -0.05) is 12.1 Å². The van der Waals surface area contributed by atoms with Gasteiger partial charge in [0.1, 0.15) is 11.6 Å². The van der Waals surface area contributed by atoms with Gasteiger partial charge in [0, 0.05) is 31.1 Å². The summed E-state index contributed by atoms with van der Waals surface area (Å²) in [5, 5.41) is 3.05. The van der Waals surface area contributed by atoms with Crippen LogP contribution in [-0.2, 0) is 6.42 Å². The van der Waals surface area contributed by atoms with Crippen LogP contribution in [0.25, 0.3) is 0 Å². The predicted octanol–water partition coefficient (Wildman–Crippen LogP) is 2.80. The molecule has 2 amide bonds. The summed E-state index contributed by atoms with van der Waals surface area (Å²) in [7, 11) is 0. The molecule has 0 aromatic heterocycles. The smallest absolute Gasteiger partial charge is 0.256 e. The van der Waals surface area contributed by atoms with Gasteiger partial charge in [0.05, 0.1) is 12.2 Å². The standard InChI is InChI=1S/C21H21FN2O3/c22-18-4-2-1-3-17(18)21(26)24-10-7-16(8-11-24)23-20(25)15-5-6-19-14(13-15)9-12-27-19/h1-6,13,16H,7-12H2,(H,23,25). The summed E-state index contributed by atoms with van der Waals surface area (Å²) < 4.78 is 19.3. The molecule has 140 valence electrons. The summed E-state index contributed by atoms with van der Waals surface area (Å²) in [5.41, 5.74) is 1.79. The van der Waals surface area contributed by atoms with Crippen LogP contribution in [0.4, 0.5) is 4.39 Å². The van der Waals surface area contributed by atoms with Crippen molar-refractivity contribution in [3.05, 3.63) is 65.0 Å². The Bertz CT molecular complexity index is 875. The van der Waals surface area contributed by atoms with Crippen LogP contribution in [0.3, 0.4) is 0 Å². The van der Waals surface area contributed by atoms with Crippen LogP contribution in [0.15, 0.2) is 42.5 Å². The first kappa shape index (κ1) is 17.5. The van der Waals surface area contributed by atoms with Gasteiger partial charge in [-0.2, -0.15) is 0 Å². The van der Waals surface area contributed by atoms with Crippen molar-refractivity contribution < 1.29 is 18.7 Å². The first-order valence-electron chi connectivity index (χ1n) is 9.22. The zero-order valence-corrected chi connectivity index (χ0v) is 14.9. The molecule has 2 aliphatic rings. The molecular formula is C21H21FN2O3. The largest absolute Gasteiger partial charge is 0.493 e. The maximum Gasteiger partial charge on any atom is 0.256 e. The Hall–Kier alpha value is -2.89. The summed E-state index contributed by atoms with van der Waals surface area (Å²) in [6.45, 7) is 1.65. The number of benzene rings is 2. The lowest BCUT2D eigenvalue weighted by molar-refractivity contribution is 0.0693. The second-order valence-electron chi connectivity index (χ2n) is 6.94. The van der Waals surface area contributed by atoms with Crippen LogP contribution in [-0.4, -0.2) is 42.5 Å². The van der Waals surface area contributed by atoms with Gasteiger partial charge in [-0.05, 0) is 48.7 Å². The van der Waals surface area contributed by atoms with E-state index in [2.05, 4.69) is 5.32 Å². The minimum Gasteiger partial charge on any atom is -0.493 e. The molecule has 0 bridgehead atoms. The highest BCUT2D eigenvalue weighted by atomic mass is 19.1. The average Bonchev–Trinajstić information content (AvgIpc) is 3.16. The van der Waals surface area contributed by atoms with Crippen molar-refractivity contribution >= 4 is 11.8 Å². The van der Waals surface area contributed by atoms with E-state index in [-0.39, 0.29) is 23.4 Å². The number of nitrogens with one attached hydrogen (secondary N) is 1. The minimum atomic E-state index is -0.501. The molecule has 0 unspecified atom stereocenters. The molecule has 0 radical (unpaired) electrons. The first-order valence-corrected chi connectivity index (χ1v) is 9.22. The molecule has 1 saturated heterocycles. The quantitative estimate of drug-likeness (QED) is 0.906. The fourth-order valence-electron chi connectivity index (χ4n) is 3.63. The van der Waals surface area contributed by atoms with Crippen LogP contribution >= 0.6 is 0 Å². The van der Waals surface area contributed by atoms with Crippen molar-refractivity contribution in [3.8, 4) is 5.75 Å². The van der Waals surface area contributed by atoms with Gasteiger partial charge in [-0.3, -0.25) is 9.59 Å². The number of nitrogens with zero attached hydrogens (tertiary/aromatic N) is 1. The predicted molar refractivity (Wildman–Crippen MR) is 98.4 cm³/mol. The molecule has 0 atom stereocenters. The molecule has 6 heteroatoms. The number of piperidine rings is 1. The zero-order valence-electron chi connectivity index (χ0n) is 14.9. The number of carbonyl (C=O) groups is 2. The maximum absolute atomic E-state index is 13.8. The van der Waals surface area contributed by atoms with E-state index in [1.165, 1.54) is 12.1 Å². The molecule has 0 spiro atoms. The Labute approximate surface area is 157 Å². The van der Waals surface area contributed by atoms with E-state index < -0.39 is 5.82 Å². The molecular weight excluding hydrogens is 347 g/mol. The van der Waals surface area contributed by atoms with Crippen LogP contribution in [0.1, 0.15) is 39.1 Å². The number of rotatable bonds is 3. The third kappa shape index (κ3) is 3.65. The Kier molecular flexibility index (Phi) is 4.79. The Morgan fingerprint density at radius 2 is 1.89 bits per heavy atom. The lowest BCUT2D eigenvalue weighted by Gasteiger charge is -2.32. The molecule has 1 fully saturated rings. The highest BCUT2D eigenvalue weighted by molar-refractivity contribution is 5.95. The maximum atomic E-state index is 13.8. The minimum absolute atomic E-state index is 0.00618. The van der Waals surface area contributed by atoms with Gasteiger partial charge >= 0.3 is 0 Å². The molecule has 1 N–H and O–H groups in total. The lowest BCUT2D eigenvalue weighted by Crippen LogP contribution is -2.46. The third-order valence-electron chi connectivity index (χ3n) is 5.17. The van der Waals surface area contributed by atoms with Crippen molar-refractivity contribution in [1.29, 1.82) is 0 Å². The van der Waals surface area contributed by atoms with Gasteiger partial charge in [-0.15, -0.1) is 0 Å². The summed E-state index contributed by atoms with van der Waals surface area (Å²) in [6.07, 6.45) is 2.13. The SMILES string of the molecule is O=C(NC1CCN(C(=O)c2ccccc2F)CC1)c1ccc2c(c1)CCO2. The van der Waals surface area contributed by atoms with Crippen LogP contribution in [0.2, 0.25) is 0 Å². The number of amides is 2. The number of hydrogen-bond acceptors (Lipinski definition) is 3. The number of fused-ring (bicyclic) bond motifs is 1. The molecule has 2 aliphatic heterocycles. The number of hydrogen-bond donors (Lipinski definition) is 1. The van der Waals surface area contributed by atoms with E-state index in [0.717, 1.165) is 17.7 Å². The first-order chi connectivity index (χ1) is 13.1. The molecule has 2 aromatic rings. The molecule has 2 heterocycles. The topological polar surface area (TPSA) is 58.6 Å². The van der Waals surface area contributed by atoms with Crippen LogP contribution < -0.4 is 10.1 Å². The summed E-state index contributed by atoms with van der Waals surface area (Å²) in [5.74, 6) is -0.0508. The Balaban J connectivity index is 1.33. The van der Waals surface area contributed by atoms with E-state index in [1.54, 1.807) is 23.1 Å². The fourth-order valence-corrected chi connectivity index (χ4v) is 3.63. The molecule has 0 saturated carbocycles. The summed E-state index contributed by atoms with van der Waals surface area (Å²) in [4.78, 5) is 26.6. The van der Waals surface area contributed by atoms with Crippen molar-refractivity contribution in [2.45, 2.75) is 25.3 Å². The van der Waals surface area contributed by atoms with Gasteiger partial charge in [0.25, 0.3) is 11.8 Å². The highest BCUT2D eigenvalue weighted by Gasteiger charge is 2.26. The molecule has 4 rings (SSSR count). The third-order valence-corrected chi connectivity index (χ3v) is 5.17. The fraction of sp³-hybridized carbons (Fsp3) is 0.333.